The molecule has 0 amide bonds. The van der Waals surface area contributed by atoms with Gasteiger partial charge in [0.1, 0.15) is 17.3 Å². The number of rotatable bonds is 5. The Bertz CT molecular complexity index is 1810. The van der Waals surface area contributed by atoms with Crippen molar-refractivity contribution in [3.8, 4) is 28.5 Å². The average molecular weight is 544 g/mol. The highest BCUT2D eigenvalue weighted by Gasteiger charge is 2.33. The molecule has 0 bridgehead atoms. The van der Waals surface area contributed by atoms with Crippen molar-refractivity contribution >= 4 is 0 Å². The van der Waals surface area contributed by atoms with Crippen LogP contribution in [0.1, 0.15) is 40.8 Å². The van der Waals surface area contributed by atoms with Gasteiger partial charge in [0, 0.05) is 49.0 Å². The lowest BCUT2D eigenvalue weighted by Gasteiger charge is -2.29. The predicted octanol–water partition coefficient (Wildman–Crippen LogP) is 5.36. The summed E-state index contributed by atoms with van der Waals surface area (Å²) in [5.41, 5.74) is 3.53. The van der Waals surface area contributed by atoms with Crippen molar-refractivity contribution in [1.82, 2.24) is 24.3 Å². The molecule has 0 fully saturated rings. The molecule has 6 rings (SSSR count). The van der Waals surface area contributed by atoms with Crippen molar-refractivity contribution in [2.24, 2.45) is 0 Å². The molecule has 5 aromatic rings. The van der Waals surface area contributed by atoms with Gasteiger partial charge in [0.25, 0.3) is 5.56 Å². The SMILES string of the molecule is CCn1cc2c(n1)-c1nc(=O)c(Cc3ccc(-c4ccnc(F)c4C)cc3)c(O)n1[C@H](c1cc(F)cc(F)c1)C2. The number of halogens is 3. The largest absolute Gasteiger partial charge is 0.494 e. The van der Waals surface area contributed by atoms with Gasteiger partial charge in [0.15, 0.2) is 5.82 Å². The van der Waals surface area contributed by atoms with Crippen LogP contribution in [0.15, 0.2) is 65.7 Å². The molecule has 1 atom stereocenters. The predicted molar refractivity (Wildman–Crippen MR) is 142 cm³/mol. The standard InChI is InChI=1S/C30H24F3N5O2/c1-3-37-15-20-13-25(19-11-21(31)14-22(32)12-19)38-28(26(20)36-37)35-29(39)24(30(38)40)10-17-4-6-18(7-5-17)23-8-9-34-27(33)16(23)2/h4-9,11-12,14-15,25,40H,3,10,13H2,1-2H3/t25-/m0/s1. The molecule has 0 aliphatic carbocycles. The molecule has 3 aromatic heterocycles. The highest BCUT2D eigenvalue weighted by atomic mass is 19.1. The van der Waals surface area contributed by atoms with Gasteiger partial charge >= 0.3 is 0 Å². The maximum Gasteiger partial charge on any atom is 0.280 e. The smallest absolute Gasteiger partial charge is 0.280 e. The molecule has 1 aliphatic rings. The molecule has 7 nitrogen and oxygen atoms in total. The molecular formula is C30H24F3N5O2. The zero-order valence-electron chi connectivity index (χ0n) is 21.7. The quantitative estimate of drug-likeness (QED) is 0.302. The summed E-state index contributed by atoms with van der Waals surface area (Å²) in [5.74, 6) is -2.23. The van der Waals surface area contributed by atoms with E-state index in [0.717, 1.165) is 17.2 Å². The van der Waals surface area contributed by atoms with Crippen LogP contribution in [-0.4, -0.2) is 29.4 Å². The highest BCUT2D eigenvalue weighted by molar-refractivity contribution is 5.67. The van der Waals surface area contributed by atoms with Gasteiger partial charge in [-0.05, 0) is 54.3 Å². The summed E-state index contributed by atoms with van der Waals surface area (Å²) in [5, 5.41) is 16.0. The molecule has 0 saturated carbocycles. The molecule has 10 heteroatoms. The first-order chi connectivity index (χ1) is 19.2. The van der Waals surface area contributed by atoms with Crippen LogP contribution in [0.3, 0.4) is 0 Å². The molecule has 0 spiro atoms. The van der Waals surface area contributed by atoms with Crippen molar-refractivity contribution in [3.63, 3.8) is 0 Å². The van der Waals surface area contributed by atoms with E-state index in [-0.39, 0.29) is 23.7 Å². The van der Waals surface area contributed by atoms with E-state index in [1.807, 2.05) is 13.1 Å². The van der Waals surface area contributed by atoms with Crippen molar-refractivity contribution in [3.05, 3.63) is 117 Å². The minimum Gasteiger partial charge on any atom is -0.494 e. The Kier molecular flexibility index (Phi) is 6.25. The third-order valence-electron chi connectivity index (χ3n) is 7.35. The number of aryl methyl sites for hydroxylation is 1. The first-order valence-electron chi connectivity index (χ1n) is 12.8. The van der Waals surface area contributed by atoms with Crippen LogP contribution in [0.25, 0.3) is 22.6 Å². The first-order valence-corrected chi connectivity index (χ1v) is 12.8. The lowest BCUT2D eigenvalue weighted by molar-refractivity contribution is 0.380. The Morgan fingerprint density at radius 1 is 1.05 bits per heavy atom. The van der Waals surface area contributed by atoms with Crippen LogP contribution >= 0.6 is 0 Å². The number of benzene rings is 2. The maximum absolute atomic E-state index is 14.2. The molecule has 2 aromatic carbocycles. The fourth-order valence-electron chi connectivity index (χ4n) is 5.30. The van der Waals surface area contributed by atoms with E-state index in [0.29, 0.717) is 40.9 Å². The number of pyridine rings is 1. The second-order valence-corrected chi connectivity index (χ2v) is 9.84. The number of hydrogen-bond acceptors (Lipinski definition) is 5. The Labute approximate surface area is 227 Å². The topological polar surface area (TPSA) is 85.8 Å². The lowest BCUT2D eigenvalue weighted by Crippen LogP contribution is -2.28. The summed E-state index contributed by atoms with van der Waals surface area (Å²) in [6.07, 6.45) is 3.57. The molecule has 4 heterocycles. The highest BCUT2D eigenvalue weighted by Crippen LogP contribution is 2.40. The van der Waals surface area contributed by atoms with Crippen molar-refractivity contribution in [2.75, 3.05) is 0 Å². The lowest BCUT2D eigenvalue weighted by atomic mass is 9.94. The van der Waals surface area contributed by atoms with Gasteiger partial charge in [-0.15, -0.1) is 0 Å². The molecule has 1 aliphatic heterocycles. The fraction of sp³-hybridized carbons (Fsp3) is 0.200. The summed E-state index contributed by atoms with van der Waals surface area (Å²) in [6, 6.07) is 11.4. The van der Waals surface area contributed by atoms with Gasteiger partial charge in [0.2, 0.25) is 11.8 Å². The third-order valence-corrected chi connectivity index (χ3v) is 7.35. The molecule has 0 unspecified atom stereocenters. The van der Waals surface area contributed by atoms with Crippen LogP contribution in [0.4, 0.5) is 13.2 Å². The molecular weight excluding hydrogens is 519 g/mol. The summed E-state index contributed by atoms with van der Waals surface area (Å²) in [6.45, 7) is 4.14. The van der Waals surface area contributed by atoms with E-state index in [9.17, 15) is 23.1 Å². The van der Waals surface area contributed by atoms with Crippen LogP contribution in [0.2, 0.25) is 0 Å². The Morgan fingerprint density at radius 3 is 2.48 bits per heavy atom. The minimum absolute atomic E-state index is 0.0443. The molecule has 0 saturated heterocycles. The Hall–Kier alpha value is -4.73. The monoisotopic (exact) mass is 543 g/mol. The van der Waals surface area contributed by atoms with E-state index in [1.165, 1.54) is 22.9 Å². The zero-order chi connectivity index (χ0) is 28.1. The van der Waals surface area contributed by atoms with Crippen LogP contribution < -0.4 is 5.56 Å². The van der Waals surface area contributed by atoms with Crippen LogP contribution in [-0.2, 0) is 19.4 Å². The van der Waals surface area contributed by atoms with Crippen LogP contribution in [0.5, 0.6) is 5.88 Å². The van der Waals surface area contributed by atoms with Gasteiger partial charge in [-0.1, -0.05) is 24.3 Å². The summed E-state index contributed by atoms with van der Waals surface area (Å²) >= 11 is 0. The molecule has 40 heavy (non-hydrogen) atoms. The van der Waals surface area contributed by atoms with Crippen molar-refractivity contribution in [1.29, 1.82) is 0 Å². The normalized spacial score (nSPS) is 14.2. The second kappa shape index (κ2) is 9.78. The number of hydrogen-bond donors (Lipinski definition) is 1. The van der Waals surface area contributed by atoms with E-state index in [4.69, 9.17) is 0 Å². The molecule has 0 radical (unpaired) electrons. The Morgan fingerprint density at radius 2 is 1.77 bits per heavy atom. The molecule has 202 valence electrons. The van der Waals surface area contributed by atoms with Gasteiger partial charge < -0.3 is 5.11 Å². The number of aromatic hydroxyl groups is 1. The van der Waals surface area contributed by atoms with Gasteiger partial charge in [-0.3, -0.25) is 14.0 Å². The number of fused-ring (bicyclic) bond motifs is 3. The van der Waals surface area contributed by atoms with Gasteiger partial charge in [0.05, 0.1) is 11.6 Å². The Balaban J connectivity index is 1.44. The maximum atomic E-state index is 14.2. The van der Waals surface area contributed by atoms with Crippen molar-refractivity contribution < 1.29 is 18.3 Å². The van der Waals surface area contributed by atoms with E-state index >= 15 is 0 Å². The van der Waals surface area contributed by atoms with Gasteiger partial charge in [-0.2, -0.15) is 14.5 Å². The second-order valence-electron chi connectivity index (χ2n) is 9.84. The zero-order valence-corrected chi connectivity index (χ0v) is 21.7. The molecule has 1 N–H and O–H groups in total. The van der Waals surface area contributed by atoms with E-state index in [2.05, 4.69) is 15.1 Å². The average Bonchev–Trinajstić information content (AvgIpc) is 3.36. The summed E-state index contributed by atoms with van der Waals surface area (Å²) < 4.78 is 45.5. The van der Waals surface area contributed by atoms with Crippen molar-refractivity contribution in [2.45, 2.75) is 39.3 Å². The third kappa shape index (κ3) is 4.35. The summed E-state index contributed by atoms with van der Waals surface area (Å²) in [4.78, 5) is 21.2. The van der Waals surface area contributed by atoms with E-state index in [1.54, 1.807) is 41.9 Å². The van der Waals surface area contributed by atoms with Gasteiger partial charge in [-0.25, -0.2) is 13.8 Å². The van der Waals surface area contributed by atoms with Crippen LogP contribution in [0, 0.1) is 24.5 Å². The number of aromatic nitrogens is 5. The van der Waals surface area contributed by atoms with E-state index < -0.39 is 29.2 Å². The number of nitrogens with zero attached hydrogens (tertiary/aromatic N) is 5. The fourth-order valence-corrected chi connectivity index (χ4v) is 5.30. The minimum atomic E-state index is -0.746. The summed E-state index contributed by atoms with van der Waals surface area (Å²) in [7, 11) is 0. The first kappa shape index (κ1) is 25.5.